The predicted molar refractivity (Wildman–Crippen MR) is 68.1 cm³/mol. The summed E-state index contributed by atoms with van der Waals surface area (Å²) >= 11 is 0. The molecule has 0 aliphatic heterocycles. The van der Waals surface area contributed by atoms with E-state index in [1.165, 1.54) is 18.2 Å². The summed E-state index contributed by atoms with van der Waals surface area (Å²) in [4.78, 5) is 0.0104. The van der Waals surface area contributed by atoms with Gasteiger partial charge in [0, 0.05) is 17.3 Å². The molecule has 19 heavy (non-hydrogen) atoms. The zero-order valence-electron chi connectivity index (χ0n) is 9.81. The lowest BCUT2D eigenvalue weighted by Gasteiger charge is -2.06. The van der Waals surface area contributed by atoms with Crippen molar-refractivity contribution in [1.82, 2.24) is 0 Å². The summed E-state index contributed by atoms with van der Waals surface area (Å²) in [7, 11) is -3.71. The third kappa shape index (κ3) is 3.08. The number of anilines is 1. The van der Waals surface area contributed by atoms with Gasteiger partial charge >= 0.3 is 0 Å². The number of rotatable bonds is 3. The molecule has 0 aromatic heterocycles. The zero-order chi connectivity index (χ0) is 14.0. The summed E-state index contributed by atoms with van der Waals surface area (Å²) in [5, 5.41) is 0. The van der Waals surface area contributed by atoms with Crippen molar-refractivity contribution in [3.8, 4) is 0 Å². The first-order chi connectivity index (χ1) is 8.88. The Balaban J connectivity index is 2.36. The monoisotopic (exact) mass is 283 g/mol. The van der Waals surface area contributed by atoms with Crippen molar-refractivity contribution < 1.29 is 17.2 Å². The highest BCUT2D eigenvalue weighted by molar-refractivity contribution is 7.90. The van der Waals surface area contributed by atoms with Crippen LogP contribution in [0.15, 0.2) is 47.4 Å². The highest BCUT2D eigenvalue weighted by atomic mass is 32.2. The van der Waals surface area contributed by atoms with Crippen LogP contribution in [0.3, 0.4) is 0 Å². The Morgan fingerprint density at radius 1 is 1.05 bits per heavy atom. The van der Waals surface area contributed by atoms with Gasteiger partial charge in [-0.05, 0) is 24.3 Å². The predicted octanol–water partition coefficient (Wildman–Crippen LogP) is 2.52. The largest absolute Gasteiger partial charge is 0.399 e. The molecular formula is C13H11F2NO2S. The van der Waals surface area contributed by atoms with Crippen molar-refractivity contribution in [3.05, 3.63) is 59.7 Å². The van der Waals surface area contributed by atoms with Gasteiger partial charge in [0.25, 0.3) is 0 Å². The Bertz CT molecular complexity index is 714. The number of nitrogens with two attached hydrogens (primary N) is 1. The zero-order valence-corrected chi connectivity index (χ0v) is 10.6. The molecule has 6 heteroatoms. The standard InChI is InChI=1S/C13H11F2NO2S/c14-10-5-4-9(13(15)6-10)8-19(17,18)12-3-1-2-11(16)7-12/h1-7H,8,16H2. The van der Waals surface area contributed by atoms with E-state index in [9.17, 15) is 17.2 Å². The van der Waals surface area contributed by atoms with Crippen molar-refractivity contribution in [2.45, 2.75) is 10.6 Å². The lowest BCUT2D eigenvalue weighted by atomic mass is 10.2. The molecule has 0 fully saturated rings. The molecule has 0 atom stereocenters. The van der Waals surface area contributed by atoms with Gasteiger partial charge in [-0.3, -0.25) is 0 Å². The molecule has 2 N–H and O–H groups in total. The molecule has 3 nitrogen and oxygen atoms in total. The van der Waals surface area contributed by atoms with E-state index in [2.05, 4.69) is 0 Å². The van der Waals surface area contributed by atoms with Crippen molar-refractivity contribution in [2.24, 2.45) is 0 Å². The second-order valence-electron chi connectivity index (χ2n) is 4.07. The van der Waals surface area contributed by atoms with Crippen LogP contribution in [0.4, 0.5) is 14.5 Å². The SMILES string of the molecule is Nc1cccc(S(=O)(=O)Cc2ccc(F)cc2F)c1. The van der Waals surface area contributed by atoms with E-state index in [1.54, 1.807) is 6.07 Å². The molecular weight excluding hydrogens is 272 g/mol. The average Bonchev–Trinajstić information content (AvgIpc) is 2.33. The second kappa shape index (κ2) is 4.97. The van der Waals surface area contributed by atoms with Crippen LogP contribution >= 0.6 is 0 Å². The lowest BCUT2D eigenvalue weighted by Crippen LogP contribution is -2.07. The van der Waals surface area contributed by atoms with Crippen LogP contribution in [0.5, 0.6) is 0 Å². The van der Waals surface area contributed by atoms with E-state index in [4.69, 9.17) is 5.73 Å². The van der Waals surface area contributed by atoms with Gasteiger partial charge in [0.2, 0.25) is 0 Å². The molecule has 0 radical (unpaired) electrons. The van der Waals surface area contributed by atoms with Crippen molar-refractivity contribution in [2.75, 3.05) is 5.73 Å². The molecule has 0 bridgehead atoms. The Hall–Kier alpha value is -1.95. The van der Waals surface area contributed by atoms with E-state index in [-0.39, 0.29) is 10.5 Å². The molecule has 2 aromatic carbocycles. The molecule has 0 unspecified atom stereocenters. The van der Waals surface area contributed by atoms with E-state index < -0.39 is 27.2 Å². The summed E-state index contributed by atoms with van der Waals surface area (Å²) in [6.45, 7) is 0. The molecule has 0 saturated carbocycles. The van der Waals surface area contributed by atoms with Gasteiger partial charge in [0.05, 0.1) is 10.6 Å². The van der Waals surface area contributed by atoms with Crippen molar-refractivity contribution in [3.63, 3.8) is 0 Å². The van der Waals surface area contributed by atoms with E-state index in [0.29, 0.717) is 11.8 Å². The fourth-order valence-electron chi connectivity index (χ4n) is 1.63. The average molecular weight is 283 g/mol. The summed E-state index contributed by atoms with van der Waals surface area (Å²) in [6, 6.07) is 8.54. The van der Waals surface area contributed by atoms with Gasteiger partial charge in [0.15, 0.2) is 9.84 Å². The van der Waals surface area contributed by atoms with Crippen LogP contribution in [0.1, 0.15) is 5.56 Å². The van der Waals surface area contributed by atoms with Crippen LogP contribution in [0.2, 0.25) is 0 Å². The maximum absolute atomic E-state index is 13.4. The van der Waals surface area contributed by atoms with Gasteiger partial charge in [-0.2, -0.15) is 0 Å². The van der Waals surface area contributed by atoms with Gasteiger partial charge < -0.3 is 5.73 Å². The van der Waals surface area contributed by atoms with Crippen LogP contribution in [0.25, 0.3) is 0 Å². The quantitative estimate of drug-likeness (QED) is 0.880. The van der Waals surface area contributed by atoms with E-state index >= 15 is 0 Å². The summed E-state index contributed by atoms with van der Waals surface area (Å²) in [6.07, 6.45) is 0. The Kier molecular flexibility index (Phi) is 3.53. The first kappa shape index (κ1) is 13.5. The van der Waals surface area contributed by atoms with Crippen LogP contribution < -0.4 is 5.73 Å². The summed E-state index contributed by atoms with van der Waals surface area (Å²) in [5.41, 5.74) is 5.74. The molecule has 0 saturated heterocycles. The van der Waals surface area contributed by atoms with Crippen LogP contribution in [-0.4, -0.2) is 8.42 Å². The number of sulfone groups is 1. The molecule has 0 heterocycles. The van der Waals surface area contributed by atoms with Gasteiger partial charge in [-0.25, -0.2) is 17.2 Å². The van der Waals surface area contributed by atoms with Gasteiger partial charge in [0.1, 0.15) is 11.6 Å². The highest BCUT2D eigenvalue weighted by Crippen LogP contribution is 2.20. The summed E-state index contributed by atoms with van der Waals surface area (Å²) in [5.74, 6) is -2.17. The Morgan fingerprint density at radius 2 is 1.79 bits per heavy atom. The van der Waals surface area contributed by atoms with E-state index in [0.717, 1.165) is 12.1 Å². The highest BCUT2D eigenvalue weighted by Gasteiger charge is 2.18. The van der Waals surface area contributed by atoms with Crippen molar-refractivity contribution >= 4 is 15.5 Å². The topological polar surface area (TPSA) is 60.2 Å². The molecule has 0 amide bonds. The third-order valence-corrected chi connectivity index (χ3v) is 4.24. The smallest absolute Gasteiger partial charge is 0.182 e. The first-order valence-electron chi connectivity index (χ1n) is 5.41. The minimum atomic E-state index is -3.71. The molecule has 0 aliphatic carbocycles. The third-order valence-electron chi connectivity index (χ3n) is 2.58. The fraction of sp³-hybridized carbons (Fsp3) is 0.0769. The van der Waals surface area contributed by atoms with Crippen LogP contribution in [-0.2, 0) is 15.6 Å². The molecule has 100 valence electrons. The Morgan fingerprint density at radius 3 is 2.42 bits per heavy atom. The number of hydrogen-bond donors (Lipinski definition) is 1. The second-order valence-corrected chi connectivity index (χ2v) is 6.06. The molecule has 2 aromatic rings. The minimum Gasteiger partial charge on any atom is -0.399 e. The maximum atomic E-state index is 13.4. The molecule has 0 aliphatic rings. The molecule has 0 spiro atoms. The van der Waals surface area contributed by atoms with Crippen LogP contribution in [0, 0.1) is 11.6 Å². The van der Waals surface area contributed by atoms with E-state index in [1.807, 2.05) is 0 Å². The number of benzene rings is 2. The molecule has 2 rings (SSSR count). The summed E-state index contributed by atoms with van der Waals surface area (Å²) < 4.78 is 50.3. The number of hydrogen-bond acceptors (Lipinski definition) is 3. The Labute approximate surface area is 109 Å². The lowest BCUT2D eigenvalue weighted by molar-refractivity contribution is 0.569. The van der Waals surface area contributed by atoms with Gasteiger partial charge in [-0.15, -0.1) is 0 Å². The van der Waals surface area contributed by atoms with Gasteiger partial charge in [-0.1, -0.05) is 12.1 Å². The fourth-order valence-corrected chi connectivity index (χ4v) is 3.05. The maximum Gasteiger partial charge on any atom is 0.182 e. The number of halogens is 2. The minimum absolute atomic E-state index is 0.0104. The first-order valence-corrected chi connectivity index (χ1v) is 7.06. The normalized spacial score (nSPS) is 11.5. The van der Waals surface area contributed by atoms with Crippen molar-refractivity contribution in [1.29, 1.82) is 0 Å². The number of nitrogen functional groups attached to an aromatic ring is 1.